The summed E-state index contributed by atoms with van der Waals surface area (Å²) in [5.41, 5.74) is 2.24. The minimum Gasteiger partial charge on any atom is -0.298 e. The molecule has 2 aromatic rings. The van der Waals surface area contributed by atoms with Crippen molar-refractivity contribution in [3.63, 3.8) is 0 Å². The normalized spacial score (nSPS) is 15.9. The highest BCUT2D eigenvalue weighted by Crippen LogP contribution is 2.20. The van der Waals surface area contributed by atoms with E-state index in [9.17, 15) is 0 Å². The van der Waals surface area contributed by atoms with E-state index in [2.05, 4.69) is 28.6 Å². The largest absolute Gasteiger partial charge is 0.298 e. The Bertz CT molecular complexity index is 578. The Morgan fingerprint density at radius 2 is 2.11 bits per heavy atom. The van der Waals surface area contributed by atoms with Crippen LogP contribution in [0, 0.1) is 11.3 Å². The lowest BCUT2D eigenvalue weighted by molar-refractivity contribution is 0.489. The van der Waals surface area contributed by atoms with E-state index in [1.165, 1.54) is 12.8 Å². The van der Waals surface area contributed by atoms with Crippen LogP contribution in [0.4, 0.5) is 0 Å². The van der Waals surface area contributed by atoms with Gasteiger partial charge in [-0.1, -0.05) is 30.3 Å². The molecule has 0 aliphatic heterocycles. The van der Waals surface area contributed by atoms with Gasteiger partial charge in [-0.15, -0.1) is 0 Å². The molecular formula is C15H16N4. The molecule has 1 saturated carbocycles. The first kappa shape index (κ1) is 11.9. The van der Waals surface area contributed by atoms with Crippen LogP contribution in [0.5, 0.6) is 0 Å². The predicted molar refractivity (Wildman–Crippen MR) is 73.2 cm³/mol. The van der Waals surface area contributed by atoms with Gasteiger partial charge in [-0.05, 0) is 18.4 Å². The molecule has 1 atom stereocenters. The summed E-state index contributed by atoms with van der Waals surface area (Å²) in [6, 6.07) is 12.8. The molecule has 0 saturated heterocycles. The molecule has 0 radical (unpaired) electrons. The molecule has 4 heteroatoms. The van der Waals surface area contributed by atoms with Gasteiger partial charge in [0.2, 0.25) is 0 Å². The summed E-state index contributed by atoms with van der Waals surface area (Å²) in [6.45, 7) is 0.597. The zero-order valence-corrected chi connectivity index (χ0v) is 10.7. The van der Waals surface area contributed by atoms with Crippen molar-refractivity contribution in [2.24, 2.45) is 0 Å². The molecule has 1 heterocycles. The van der Waals surface area contributed by atoms with Gasteiger partial charge in [0.1, 0.15) is 6.04 Å². The van der Waals surface area contributed by atoms with Gasteiger partial charge in [0.05, 0.1) is 18.8 Å². The van der Waals surface area contributed by atoms with Crippen LogP contribution in [-0.2, 0) is 6.54 Å². The summed E-state index contributed by atoms with van der Waals surface area (Å²) in [5, 5.41) is 16.8. The van der Waals surface area contributed by atoms with Gasteiger partial charge in [0, 0.05) is 17.8 Å². The molecule has 1 N–H and O–H groups in total. The van der Waals surface area contributed by atoms with E-state index in [1.807, 2.05) is 35.3 Å². The third kappa shape index (κ3) is 3.01. The maximum atomic E-state index is 9.13. The van der Waals surface area contributed by atoms with Crippen molar-refractivity contribution in [3.8, 4) is 17.2 Å². The quantitative estimate of drug-likeness (QED) is 0.887. The standard InChI is InChI=1S/C15H16N4/c16-8-15(18-14-6-7-14)11-19-10-13(9-17-19)12-4-2-1-3-5-12/h1-5,9-10,14-15,18H,6-7,11H2. The van der Waals surface area contributed by atoms with E-state index in [1.54, 1.807) is 0 Å². The Morgan fingerprint density at radius 3 is 2.79 bits per heavy atom. The Kier molecular flexibility index (Phi) is 3.30. The lowest BCUT2D eigenvalue weighted by Gasteiger charge is -2.10. The van der Waals surface area contributed by atoms with Crippen molar-refractivity contribution in [1.82, 2.24) is 15.1 Å². The van der Waals surface area contributed by atoms with Gasteiger partial charge in [-0.25, -0.2) is 0 Å². The lowest BCUT2D eigenvalue weighted by Crippen LogP contribution is -2.33. The highest BCUT2D eigenvalue weighted by molar-refractivity contribution is 5.61. The van der Waals surface area contributed by atoms with E-state index >= 15 is 0 Å². The average Bonchev–Trinajstić information content (AvgIpc) is 3.15. The maximum Gasteiger partial charge on any atom is 0.115 e. The molecule has 1 aromatic carbocycles. The van der Waals surface area contributed by atoms with E-state index in [-0.39, 0.29) is 6.04 Å². The number of nitriles is 1. The van der Waals surface area contributed by atoms with E-state index in [0.29, 0.717) is 12.6 Å². The summed E-state index contributed by atoms with van der Waals surface area (Å²) < 4.78 is 1.84. The second-order valence-electron chi connectivity index (χ2n) is 4.94. The Labute approximate surface area is 112 Å². The summed E-state index contributed by atoms with van der Waals surface area (Å²) in [4.78, 5) is 0. The first-order chi connectivity index (χ1) is 9.35. The van der Waals surface area contributed by atoms with Gasteiger partial charge in [0.15, 0.2) is 0 Å². The molecule has 0 bridgehead atoms. The summed E-state index contributed by atoms with van der Waals surface area (Å²) >= 11 is 0. The van der Waals surface area contributed by atoms with Crippen molar-refractivity contribution in [2.75, 3.05) is 0 Å². The van der Waals surface area contributed by atoms with Gasteiger partial charge in [-0.3, -0.25) is 10.00 Å². The Balaban J connectivity index is 1.69. The third-order valence-corrected chi connectivity index (χ3v) is 3.28. The van der Waals surface area contributed by atoms with Crippen LogP contribution < -0.4 is 5.32 Å². The highest BCUT2D eigenvalue weighted by atomic mass is 15.3. The fraction of sp³-hybridized carbons (Fsp3) is 0.333. The number of nitrogens with zero attached hydrogens (tertiary/aromatic N) is 3. The number of rotatable bonds is 5. The van der Waals surface area contributed by atoms with Crippen molar-refractivity contribution in [2.45, 2.75) is 31.5 Å². The SMILES string of the molecule is N#CC(Cn1cc(-c2ccccc2)cn1)NC1CC1. The molecule has 1 aliphatic carbocycles. The second kappa shape index (κ2) is 5.25. The third-order valence-electron chi connectivity index (χ3n) is 3.28. The van der Waals surface area contributed by atoms with Gasteiger partial charge < -0.3 is 0 Å². The van der Waals surface area contributed by atoms with Gasteiger partial charge in [0.25, 0.3) is 0 Å². The number of benzene rings is 1. The van der Waals surface area contributed by atoms with Crippen molar-refractivity contribution in [1.29, 1.82) is 5.26 Å². The Morgan fingerprint density at radius 1 is 1.32 bits per heavy atom. The average molecular weight is 252 g/mol. The van der Waals surface area contributed by atoms with Crippen molar-refractivity contribution >= 4 is 0 Å². The first-order valence-electron chi connectivity index (χ1n) is 6.59. The minimum absolute atomic E-state index is 0.156. The van der Waals surface area contributed by atoms with Gasteiger partial charge >= 0.3 is 0 Å². The van der Waals surface area contributed by atoms with Crippen LogP contribution in [0.2, 0.25) is 0 Å². The molecule has 1 unspecified atom stereocenters. The van der Waals surface area contributed by atoms with Crippen LogP contribution in [0.1, 0.15) is 12.8 Å². The first-order valence-corrected chi connectivity index (χ1v) is 6.59. The topological polar surface area (TPSA) is 53.6 Å². The van der Waals surface area contributed by atoms with Crippen LogP contribution in [0.3, 0.4) is 0 Å². The molecule has 19 heavy (non-hydrogen) atoms. The van der Waals surface area contributed by atoms with E-state index in [0.717, 1.165) is 11.1 Å². The predicted octanol–water partition coefficient (Wildman–Crippen LogP) is 2.19. The van der Waals surface area contributed by atoms with Crippen LogP contribution in [0.15, 0.2) is 42.7 Å². The van der Waals surface area contributed by atoms with E-state index < -0.39 is 0 Å². The Hall–Kier alpha value is -2.12. The molecule has 0 amide bonds. The summed E-state index contributed by atoms with van der Waals surface area (Å²) in [6.07, 6.45) is 6.22. The smallest absolute Gasteiger partial charge is 0.115 e. The highest BCUT2D eigenvalue weighted by Gasteiger charge is 2.24. The van der Waals surface area contributed by atoms with Crippen molar-refractivity contribution < 1.29 is 0 Å². The number of nitrogens with one attached hydrogen (secondary N) is 1. The lowest BCUT2D eigenvalue weighted by atomic mass is 10.1. The molecule has 96 valence electrons. The molecule has 1 aliphatic rings. The van der Waals surface area contributed by atoms with Gasteiger partial charge in [-0.2, -0.15) is 10.4 Å². The maximum absolute atomic E-state index is 9.13. The molecular weight excluding hydrogens is 236 g/mol. The number of hydrogen-bond donors (Lipinski definition) is 1. The molecule has 1 fully saturated rings. The van der Waals surface area contributed by atoms with Crippen LogP contribution in [0.25, 0.3) is 11.1 Å². The molecule has 1 aromatic heterocycles. The zero-order valence-electron chi connectivity index (χ0n) is 10.7. The summed E-state index contributed by atoms with van der Waals surface area (Å²) in [7, 11) is 0. The zero-order chi connectivity index (χ0) is 13.1. The fourth-order valence-corrected chi connectivity index (χ4v) is 2.10. The van der Waals surface area contributed by atoms with Crippen LogP contribution in [-0.4, -0.2) is 21.9 Å². The van der Waals surface area contributed by atoms with E-state index in [4.69, 9.17) is 5.26 Å². The molecule has 3 rings (SSSR count). The monoisotopic (exact) mass is 252 g/mol. The fourth-order valence-electron chi connectivity index (χ4n) is 2.10. The van der Waals surface area contributed by atoms with Crippen molar-refractivity contribution in [3.05, 3.63) is 42.7 Å². The number of aromatic nitrogens is 2. The van der Waals surface area contributed by atoms with Crippen LogP contribution >= 0.6 is 0 Å². The second-order valence-corrected chi connectivity index (χ2v) is 4.94. The molecule has 0 spiro atoms. The summed E-state index contributed by atoms with van der Waals surface area (Å²) in [5.74, 6) is 0. The molecule has 4 nitrogen and oxygen atoms in total. The minimum atomic E-state index is -0.156. The number of hydrogen-bond acceptors (Lipinski definition) is 3.